The summed E-state index contributed by atoms with van der Waals surface area (Å²) in [5.74, 6) is 0. The monoisotopic (exact) mass is 169 g/mol. The molecule has 3 heteroatoms. The first-order valence-electron chi connectivity index (χ1n) is 2.99. The predicted octanol–water partition coefficient (Wildman–Crippen LogP) is 2.39. The number of nitrogens with zero attached hydrogens (tertiary/aromatic N) is 1. The van der Waals surface area contributed by atoms with Gasteiger partial charge in [-0.25, -0.2) is 4.99 Å². The van der Waals surface area contributed by atoms with E-state index in [-0.39, 0.29) is 0 Å². The third-order valence-electron chi connectivity index (χ3n) is 1.11. The minimum absolute atomic E-state index is 0.768. The summed E-state index contributed by atoms with van der Waals surface area (Å²) >= 11 is 6.19. The molecule has 1 heterocycles. The van der Waals surface area contributed by atoms with Gasteiger partial charge in [-0.05, 0) is 23.7 Å². The molecular formula is C7H7NS2. The van der Waals surface area contributed by atoms with E-state index in [1.54, 1.807) is 11.3 Å². The quantitative estimate of drug-likeness (QED) is 0.500. The highest BCUT2D eigenvalue weighted by Crippen LogP contribution is 2.08. The fraction of sp³-hybridized carbons (Fsp3) is 0.286. The molecule has 0 amide bonds. The molecule has 0 aromatic carbocycles. The SMILES string of the molecule is S=C=NCCc1cccs1. The van der Waals surface area contributed by atoms with Gasteiger partial charge in [0.15, 0.2) is 0 Å². The predicted molar refractivity (Wildman–Crippen MR) is 47.9 cm³/mol. The first-order chi connectivity index (χ1) is 4.93. The van der Waals surface area contributed by atoms with Gasteiger partial charge < -0.3 is 0 Å². The lowest BCUT2D eigenvalue weighted by molar-refractivity contribution is 0.997. The van der Waals surface area contributed by atoms with Gasteiger partial charge in [0.1, 0.15) is 0 Å². The Bertz CT molecular complexity index is 222. The molecule has 0 atom stereocenters. The first kappa shape index (κ1) is 7.61. The van der Waals surface area contributed by atoms with Crippen molar-refractivity contribution in [2.45, 2.75) is 6.42 Å². The number of thiocarbonyl (C=S) groups is 1. The maximum Gasteiger partial charge on any atom is 0.0585 e. The second kappa shape index (κ2) is 4.34. The summed E-state index contributed by atoms with van der Waals surface area (Å²) in [5.41, 5.74) is 0. The van der Waals surface area contributed by atoms with Crippen LogP contribution in [0.2, 0.25) is 0 Å². The highest BCUT2D eigenvalue weighted by Gasteiger charge is 1.89. The van der Waals surface area contributed by atoms with Crippen LogP contribution in [0.3, 0.4) is 0 Å². The van der Waals surface area contributed by atoms with Crippen molar-refractivity contribution in [1.82, 2.24) is 0 Å². The van der Waals surface area contributed by atoms with Gasteiger partial charge >= 0.3 is 0 Å². The average Bonchev–Trinajstić information content (AvgIpc) is 2.41. The first-order valence-corrected chi connectivity index (χ1v) is 4.28. The molecule has 0 saturated carbocycles. The second-order valence-electron chi connectivity index (χ2n) is 1.80. The Morgan fingerprint density at radius 2 is 2.60 bits per heavy atom. The normalized spacial score (nSPS) is 8.80. The van der Waals surface area contributed by atoms with Gasteiger partial charge in [0, 0.05) is 11.3 Å². The molecule has 1 nitrogen and oxygen atoms in total. The Morgan fingerprint density at radius 3 is 3.20 bits per heavy atom. The highest BCUT2D eigenvalue weighted by atomic mass is 32.1. The van der Waals surface area contributed by atoms with Crippen LogP contribution >= 0.6 is 23.6 Å². The summed E-state index contributed by atoms with van der Waals surface area (Å²) in [5, 5.41) is 4.41. The Hall–Kier alpha value is -0.500. The van der Waals surface area contributed by atoms with Crippen LogP contribution in [-0.4, -0.2) is 11.7 Å². The van der Waals surface area contributed by atoms with Gasteiger partial charge in [-0.2, -0.15) is 0 Å². The maximum absolute atomic E-state index is 4.43. The van der Waals surface area contributed by atoms with E-state index in [4.69, 9.17) is 0 Å². The molecule has 0 spiro atoms. The fourth-order valence-electron chi connectivity index (χ4n) is 0.667. The number of isothiocyanates is 1. The summed E-state index contributed by atoms with van der Waals surface area (Å²) in [4.78, 5) is 5.17. The summed E-state index contributed by atoms with van der Waals surface area (Å²) in [6.07, 6.45) is 0.987. The second-order valence-corrected chi connectivity index (χ2v) is 3.02. The number of hydrogen-bond acceptors (Lipinski definition) is 3. The van der Waals surface area contributed by atoms with Crippen LogP contribution in [0.5, 0.6) is 0 Å². The van der Waals surface area contributed by atoms with Crippen LogP contribution < -0.4 is 0 Å². The molecule has 0 N–H and O–H groups in total. The Kier molecular flexibility index (Phi) is 3.30. The van der Waals surface area contributed by atoms with Crippen LogP contribution in [0.4, 0.5) is 0 Å². The summed E-state index contributed by atoms with van der Waals surface area (Å²) in [7, 11) is 0. The zero-order valence-corrected chi connectivity index (χ0v) is 7.04. The van der Waals surface area contributed by atoms with E-state index in [1.807, 2.05) is 6.07 Å². The fourth-order valence-corrected chi connectivity index (χ4v) is 1.46. The largest absolute Gasteiger partial charge is 0.232 e. The molecule has 1 aromatic heterocycles. The van der Waals surface area contributed by atoms with Crippen LogP contribution in [0.15, 0.2) is 22.5 Å². The van der Waals surface area contributed by atoms with Crippen LogP contribution in [0.1, 0.15) is 4.88 Å². The van der Waals surface area contributed by atoms with Crippen molar-refractivity contribution in [3.05, 3.63) is 22.4 Å². The van der Waals surface area contributed by atoms with E-state index < -0.39 is 0 Å². The molecule has 1 rings (SSSR count). The highest BCUT2D eigenvalue weighted by molar-refractivity contribution is 7.78. The van der Waals surface area contributed by atoms with Crippen LogP contribution in [0, 0.1) is 0 Å². The molecule has 0 fully saturated rings. The van der Waals surface area contributed by atoms with E-state index in [0.717, 1.165) is 13.0 Å². The molecule has 0 bridgehead atoms. The van der Waals surface area contributed by atoms with Gasteiger partial charge in [0.2, 0.25) is 0 Å². The van der Waals surface area contributed by atoms with Gasteiger partial charge in [0.25, 0.3) is 0 Å². The van der Waals surface area contributed by atoms with Gasteiger partial charge in [-0.15, -0.1) is 11.3 Å². The number of thiophene rings is 1. The average molecular weight is 169 g/mol. The molecule has 0 radical (unpaired) electrons. The molecule has 0 saturated heterocycles. The van der Waals surface area contributed by atoms with Crippen LogP contribution in [0.25, 0.3) is 0 Å². The lowest BCUT2D eigenvalue weighted by atomic mass is 10.3. The summed E-state index contributed by atoms with van der Waals surface area (Å²) in [6, 6.07) is 4.14. The van der Waals surface area contributed by atoms with E-state index in [9.17, 15) is 0 Å². The Morgan fingerprint density at radius 1 is 1.70 bits per heavy atom. The van der Waals surface area contributed by atoms with Crippen molar-refractivity contribution < 1.29 is 0 Å². The number of hydrogen-bond donors (Lipinski definition) is 0. The van der Waals surface area contributed by atoms with Crippen molar-refractivity contribution in [2.75, 3.05) is 6.54 Å². The van der Waals surface area contributed by atoms with Crippen molar-refractivity contribution in [2.24, 2.45) is 4.99 Å². The molecule has 0 aliphatic heterocycles. The Balaban J connectivity index is 2.34. The van der Waals surface area contributed by atoms with Crippen molar-refractivity contribution in [3.8, 4) is 0 Å². The molecule has 0 aliphatic carbocycles. The molecule has 52 valence electrons. The van der Waals surface area contributed by atoms with Crippen molar-refractivity contribution >= 4 is 28.7 Å². The van der Waals surface area contributed by atoms with E-state index in [0.29, 0.717) is 0 Å². The standard InChI is InChI=1S/C7H7NS2/c9-6-8-4-3-7-2-1-5-10-7/h1-2,5H,3-4H2. The summed E-state index contributed by atoms with van der Waals surface area (Å²) < 4.78 is 0. The smallest absolute Gasteiger partial charge is 0.0585 e. The topological polar surface area (TPSA) is 12.4 Å². The van der Waals surface area contributed by atoms with Gasteiger partial charge in [-0.3, -0.25) is 0 Å². The van der Waals surface area contributed by atoms with E-state index in [2.05, 4.69) is 33.8 Å². The van der Waals surface area contributed by atoms with Crippen molar-refractivity contribution in [3.63, 3.8) is 0 Å². The lowest BCUT2D eigenvalue weighted by Gasteiger charge is -1.86. The van der Waals surface area contributed by atoms with E-state index >= 15 is 0 Å². The molecule has 0 unspecified atom stereocenters. The minimum atomic E-state index is 0.768. The van der Waals surface area contributed by atoms with Gasteiger partial charge in [0.05, 0.1) is 11.7 Å². The minimum Gasteiger partial charge on any atom is -0.232 e. The molecule has 10 heavy (non-hydrogen) atoms. The zero-order chi connectivity index (χ0) is 7.23. The Labute approximate surface area is 69.4 Å². The van der Waals surface area contributed by atoms with Gasteiger partial charge in [-0.1, -0.05) is 6.07 Å². The van der Waals surface area contributed by atoms with E-state index in [1.165, 1.54) is 4.88 Å². The number of aliphatic imine (C=N–C) groups is 1. The van der Waals surface area contributed by atoms with Crippen molar-refractivity contribution in [1.29, 1.82) is 0 Å². The molecule has 1 aromatic rings. The zero-order valence-electron chi connectivity index (χ0n) is 5.41. The maximum atomic E-state index is 4.43. The summed E-state index contributed by atoms with van der Waals surface area (Å²) in [6.45, 7) is 0.768. The van der Waals surface area contributed by atoms with Crippen LogP contribution in [-0.2, 0) is 6.42 Å². The third kappa shape index (κ3) is 2.40. The lowest BCUT2D eigenvalue weighted by Crippen LogP contribution is -1.82. The number of rotatable bonds is 3. The molecular weight excluding hydrogens is 162 g/mol. The third-order valence-corrected chi connectivity index (χ3v) is 2.18. The molecule has 0 aliphatic rings.